The minimum absolute atomic E-state index is 0. The van der Waals surface area contributed by atoms with Gasteiger partial charge in [-0.2, -0.15) is 0 Å². The molecule has 0 aromatic carbocycles. The molecule has 0 bridgehead atoms. The van der Waals surface area contributed by atoms with Gasteiger partial charge >= 0.3 is 0 Å². The third kappa shape index (κ3) is 32.1. The van der Waals surface area contributed by atoms with Crippen LogP contribution in [0.2, 0.25) is 0 Å². The predicted octanol–water partition coefficient (Wildman–Crippen LogP) is 0.0611. The summed E-state index contributed by atoms with van der Waals surface area (Å²) >= 11 is 0. The fourth-order valence-corrected chi connectivity index (χ4v) is 0.858. The van der Waals surface area contributed by atoms with Crippen LogP contribution in [0, 0.1) is 0 Å². The van der Waals surface area contributed by atoms with Gasteiger partial charge in [-0.3, -0.25) is 0 Å². The van der Waals surface area contributed by atoms with Gasteiger partial charge in [-0.05, 0) is 13.8 Å². The number of aliphatic hydroxyl groups is 2. The standard InChI is InChI=1S/2C6H14O3.Cu/c2*1-2-8-5-6-9-4-3-7;/h2*7H,2-6H2,1H3;. The zero-order chi connectivity index (χ0) is 13.9. The first-order chi connectivity index (χ1) is 8.83. The van der Waals surface area contributed by atoms with E-state index in [9.17, 15) is 0 Å². The van der Waals surface area contributed by atoms with Gasteiger partial charge in [0.05, 0.1) is 52.9 Å². The second-order valence-electron chi connectivity index (χ2n) is 3.07. The Balaban J connectivity index is -0.000000256. The molecule has 0 unspecified atom stereocenters. The van der Waals surface area contributed by atoms with E-state index in [1.807, 2.05) is 13.8 Å². The number of rotatable bonds is 12. The Hall–Kier alpha value is 0.279. The predicted molar refractivity (Wildman–Crippen MR) is 68.8 cm³/mol. The molecule has 6 nitrogen and oxygen atoms in total. The van der Waals surface area contributed by atoms with Gasteiger partial charge in [-0.1, -0.05) is 0 Å². The van der Waals surface area contributed by atoms with E-state index < -0.39 is 0 Å². The van der Waals surface area contributed by atoms with Crippen LogP contribution in [0.3, 0.4) is 0 Å². The van der Waals surface area contributed by atoms with Crippen LogP contribution in [0.5, 0.6) is 0 Å². The Morgan fingerprint density at radius 2 is 0.895 bits per heavy atom. The molecule has 0 atom stereocenters. The van der Waals surface area contributed by atoms with Crippen molar-refractivity contribution in [3.8, 4) is 0 Å². The molecule has 0 heterocycles. The Bertz CT molecular complexity index is 103. The van der Waals surface area contributed by atoms with E-state index in [0.29, 0.717) is 39.6 Å². The minimum Gasteiger partial charge on any atom is -0.394 e. The van der Waals surface area contributed by atoms with Crippen molar-refractivity contribution < 1.29 is 46.2 Å². The SMILES string of the molecule is CCOCCOCCO.CCOCCOCCO.[Cu]. The zero-order valence-electron chi connectivity index (χ0n) is 11.9. The molecule has 0 rings (SSSR count). The van der Waals surface area contributed by atoms with Crippen molar-refractivity contribution in [1.29, 1.82) is 0 Å². The number of aliphatic hydroxyl groups excluding tert-OH is 2. The number of ether oxygens (including phenoxy) is 4. The molecule has 123 valence electrons. The smallest absolute Gasteiger partial charge is 0.0701 e. The Kier molecular flexibility index (Phi) is 34.2. The third-order valence-corrected chi connectivity index (χ3v) is 1.62. The molecule has 0 saturated carbocycles. The molecule has 0 amide bonds. The Morgan fingerprint density at radius 3 is 1.16 bits per heavy atom. The van der Waals surface area contributed by atoms with Crippen molar-refractivity contribution in [3.05, 3.63) is 0 Å². The maximum absolute atomic E-state index is 8.26. The van der Waals surface area contributed by atoms with Gasteiger partial charge in [0.25, 0.3) is 0 Å². The maximum Gasteiger partial charge on any atom is 0.0701 e. The Labute approximate surface area is 126 Å². The first-order valence-electron chi connectivity index (χ1n) is 6.36. The summed E-state index contributed by atoms with van der Waals surface area (Å²) in [5, 5.41) is 16.5. The molecule has 7 heteroatoms. The van der Waals surface area contributed by atoms with Crippen LogP contribution in [0.1, 0.15) is 13.8 Å². The molecular weight excluding hydrogens is 304 g/mol. The molecule has 0 aliphatic carbocycles. The maximum atomic E-state index is 8.26. The summed E-state index contributed by atoms with van der Waals surface area (Å²) in [6.45, 7) is 8.72. The van der Waals surface area contributed by atoms with Crippen molar-refractivity contribution in [3.63, 3.8) is 0 Å². The molecule has 0 fully saturated rings. The molecule has 0 aliphatic rings. The minimum atomic E-state index is 0. The van der Waals surface area contributed by atoms with Crippen LogP contribution in [-0.4, -0.2) is 76.3 Å². The quantitative estimate of drug-likeness (QED) is 0.389. The van der Waals surface area contributed by atoms with Gasteiger partial charge < -0.3 is 29.2 Å². The van der Waals surface area contributed by atoms with E-state index in [4.69, 9.17) is 29.2 Å². The zero-order valence-corrected chi connectivity index (χ0v) is 12.8. The van der Waals surface area contributed by atoms with Gasteiger partial charge in [0.15, 0.2) is 0 Å². The number of hydrogen-bond donors (Lipinski definition) is 2. The van der Waals surface area contributed by atoms with Crippen LogP contribution in [-0.2, 0) is 36.0 Å². The van der Waals surface area contributed by atoms with Crippen LogP contribution >= 0.6 is 0 Å². The summed E-state index contributed by atoms with van der Waals surface area (Å²) in [6.07, 6.45) is 0. The normalized spacial score (nSPS) is 9.47. The fraction of sp³-hybridized carbons (Fsp3) is 1.00. The van der Waals surface area contributed by atoms with E-state index >= 15 is 0 Å². The Morgan fingerprint density at radius 1 is 0.579 bits per heavy atom. The molecule has 0 saturated heterocycles. The van der Waals surface area contributed by atoms with Gasteiger partial charge in [0.2, 0.25) is 0 Å². The average Bonchev–Trinajstić information content (AvgIpc) is 2.39. The van der Waals surface area contributed by atoms with Crippen molar-refractivity contribution in [2.75, 3.05) is 66.1 Å². The summed E-state index contributed by atoms with van der Waals surface area (Å²) in [6, 6.07) is 0. The fourth-order valence-electron chi connectivity index (χ4n) is 0.858. The van der Waals surface area contributed by atoms with E-state index in [1.165, 1.54) is 0 Å². The van der Waals surface area contributed by atoms with E-state index in [2.05, 4.69) is 0 Å². The number of hydrogen-bond acceptors (Lipinski definition) is 6. The molecule has 0 aliphatic heterocycles. The second kappa shape index (κ2) is 26.8. The van der Waals surface area contributed by atoms with Crippen LogP contribution in [0.4, 0.5) is 0 Å². The third-order valence-electron chi connectivity index (χ3n) is 1.62. The average molecular weight is 332 g/mol. The van der Waals surface area contributed by atoms with Gasteiger partial charge in [0.1, 0.15) is 0 Å². The van der Waals surface area contributed by atoms with Crippen LogP contribution < -0.4 is 0 Å². The van der Waals surface area contributed by atoms with E-state index in [0.717, 1.165) is 13.2 Å². The molecule has 0 spiro atoms. The molecule has 2 N–H and O–H groups in total. The summed E-state index contributed by atoms with van der Waals surface area (Å²) in [4.78, 5) is 0. The van der Waals surface area contributed by atoms with Crippen molar-refractivity contribution in [2.24, 2.45) is 0 Å². The van der Waals surface area contributed by atoms with Crippen LogP contribution in [0.25, 0.3) is 0 Å². The largest absolute Gasteiger partial charge is 0.394 e. The second-order valence-corrected chi connectivity index (χ2v) is 3.07. The van der Waals surface area contributed by atoms with Crippen molar-refractivity contribution in [1.82, 2.24) is 0 Å². The summed E-state index contributed by atoms with van der Waals surface area (Å²) in [5.41, 5.74) is 0. The van der Waals surface area contributed by atoms with Crippen molar-refractivity contribution >= 4 is 0 Å². The monoisotopic (exact) mass is 331 g/mol. The summed E-state index contributed by atoms with van der Waals surface area (Å²) in [5.74, 6) is 0. The first kappa shape index (κ1) is 24.3. The molecule has 19 heavy (non-hydrogen) atoms. The molecule has 0 aromatic heterocycles. The van der Waals surface area contributed by atoms with Crippen molar-refractivity contribution in [2.45, 2.75) is 13.8 Å². The first-order valence-corrected chi connectivity index (χ1v) is 6.36. The summed E-state index contributed by atoms with van der Waals surface area (Å²) < 4.78 is 19.8. The summed E-state index contributed by atoms with van der Waals surface area (Å²) in [7, 11) is 0. The molecule has 1 radical (unpaired) electrons. The van der Waals surface area contributed by atoms with Crippen LogP contribution in [0.15, 0.2) is 0 Å². The van der Waals surface area contributed by atoms with Gasteiger partial charge in [0, 0.05) is 30.3 Å². The van der Waals surface area contributed by atoms with E-state index in [1.54, 1.807) is 0 Å². The van der Waals surface area contributed by atoms with E-state index in [-0.39, 0.29) is 30.3 Å². The molecular formula is C12H28CuO6. The topological polar surface area (TPSA) is 77.4 Å². The van der Waals surface area contributed by atoms with Gasteiger partial charge in [-0.15, -0.1) is 0 Å². The molecule has 0 aromatic rings. The van der Waals surface area contributed by atoms with Gasteiger partial charge in [-0.25, -0.2) is 0 Å².